The number of carbonyl (C=O) groups excluding carboxylic acids is 1. The second-order valence-electron chi connectivity index (χ2n) is 6.73. The van der Waals surface area contributed by atoms with Crippen LogP contribution in [0.3, 0.4) is 0 Å². The number of furan rings is 1. The summed E-state index contributed by atoms with van der Waals surface area (Å²) in [4.78, 5) is 19.0. The molecule has 0 spiro atoms. The van der Waals surface area contributed by atoms with Crippen LogP contribution < -0.4 is 10.2 Å². The Hall–Kier alpha value is -2.34. The molecular formula is C19H25N3O3. The average Bonchev–Trinajstić information content (AvgIpc) is 3.07. The van der Waals surface area contributed by atoms with Crippen molar-refractivity contribution in [3.05, 3.63) is 48.0 Å². The summed E-state index contributed by atoms with van der Waals surface area (Å²) in [6.45, 7) is 7.70. The van der Waals surface area contributed by atoms with Crippen LogP contribution in [0, 0.1) is 0 Å². The summed E-state index contributed by atoms with van der Waals surface area (Å²) >= 11 is 0. The molecule has 2 aromatic rings. The molecule has 25 heavy (non-hydrogen) atoms. The molecule has 3 atom stereocenters. The summed E-state index contributed by atoms with van der Waals surface area (Å²) in [5, 5.41) is 2.98. The van der Waals surface area contributed by atoms with Crippen molar-refractivity contribution >= 4 is 11.7 Å². The molecule has 1 aliphatic heterocycles. The van der Waals surface area contributed by atoms with Gasteiger partial charge in [-0.3, -0.25) is 4.79 Å². The molecule has 0 bridgehead atoms. The van der Waals surface area contributed by atoms with Gasteiger partial charge in [-0.1, -0.05) is 0 Å². The first-order valence-corrected chi connectivity index (χ1v) is 8.71. The van der Waals surface area contributed by atoms with E-state index in [2.05, 4.69) is 29.0 Å². The molecular weight excluding hydrogens is 318 g/mol. The van der Waals surface area contributed by atoms with Crippen molar-refractivity contribution < 1.29 is 13.9 Å². The van der Waals surface area contributed by atoms with E-state index in [1.807, 2.05) is 31.2 Å². The van der Waals surface area contributed by atoms with Crippen molar-refractivity contribution in [3.63, 3.8) is 0 Å². The Labute approximate surface area is 148 Å². The molecule has 1 amide bonds. The predicted octanol–water partition coefficient (Wildman–Crippen LogP) is 2.65. The number of nitrogens with zero attached hydrogens (tertiary/aromatic N) is 2. The van der Waals surface area contributed by atoms with Gasteiger partial charge in [0.15, 0.2) is 0 Å². The highest BCUT2D eigenvalue weighted by atomic mass is 16.5. The lowest BCUT2D eigenvalue weighted by atomic mass is 10.1. The number of pyridine rings is 1. The van der Waals surface area contributed by atoms with Gasteiger partial charge in [0.1, 0.15) is 11.6 Å². The highest BCUT2D eigenvalue weighted by molar-refractivity contribution is 5.94. The second-order valence-corrected chi connectivity index (χ2v) is 6.73. The lowest BCUT2D eigenvalue weighted by molar-refractivity contribution is -0.00546. The molecule has 2 aromatic heterocycles. The minimum Gasteiger partial charge on any atom is -0.469 e. The maximum atomic E-state index is 12.4. The molecule has 0 unspecified atom stereocenters. The third-order valence-corrected chi connectivity index (χ3v) is 4.22. The molecule has 0 radical (unpaired) electrons. The normalized spacial score (nSPS) is 21.8. The Balaban J connectivity index is 1.58. The van der Waals surface area contributed by atoms with E-state index in [0.29, 0.717) is 12.0 Å². The number of nitrogens with one attached hydrogen (secondary N) is 1. The molecule has 1 aliphatic rings. The van der Waals surface area contributed by atoms with Gasteiger partial charge in [0.25, 0.3) is 5.91 Å². The van der Waals surface area contributed by atoms with Crippen molar-refractivity contribution in [2.24, 2.45) is 0 Å². The highest BCUT2D eigenvalue weighted by Gasteiger charge is 2.23. The monoisotopic (exact) mass is 343 g/mol. The molecule has 1 fully saturated rings. The summed E-state index contributed by atoms with van der Waals surface area (Å²) in [7, 11) is 0. The Morgan fingerprint density at radius 3 is 2.68 bits per heavy atom. The second kappa shape index (κ2) is 7.70. The van der Waals surface area contributed by atoms with E-state index in [1.165, 1.54) is 0 Å². The Morgan fingerprint density at radius 1 is 1.32 bits per heavy atom. The summed E-state index contributed by atoms with van der Waals surface area (Å²) in [6.07, 6.45) is 4.29. The minimum absolute atomic E-state index is 0.0146. The van der Waals surface area contributed by atoms with Crippen LogP contribution in [0.15, 0.2) is 41.1 Å². The van der Waals surface area contributed by atoms with E-state index in [9.17, 15) is 4.79 Å². The lowest BCUT2D eigenvalue weighted by Crippen LogP contribution is -2.45. The fourth-order valence-electron chi connectivity index (χ4n) is 3.16. The third-order valence-electron chi connectivity index (χ3n) is 4.22. The molecule has 0 aliphatic carbocycles. The van der Waals surface area contributed by atoms with Gasteiger partial charge in [-0.2, -0.15) is 0 Å². The van der Waals surface area contributed by atoms with Crippen molar-refractivity contribution in [1.82, 2.24) is 10.3 Å². The number of amides is 1. The number of carbonyl (C=O) groups is 1. The summed E-state index contributed by atoms with van der Waals surface area (Å²) < 4.78 is 11.1. The molecule has 1 N–H and O–H groups in total. The zero-order valence-corrected chi connectivity index (χ0v) is 14.9. The van der Waals surface area contributed by atoms with E-state index >= 15 is 0 Å². The Morgan fingerprint density at radius 2 is 2.08 bits per heavy atom. The maximum absolute atomic E-state index is 12.4. The van der Waals surface area contributed by atoms with Gasteiger partial charge in [-0.15, -0.1) is 0 Å². The number of hydrogen-bond acceptors (Lipinski definition) is 5. The molecule has 3 heterocycles. The topological polar surface area (TPSA) is 67.6 Å². The van der Waals surface area contributed by atoms with Gasteiger partial charge in [0.05, 0.1) is 24.0 Å². The number of rotatable bonds is 5. The molecule has 6 nitrogen and oxygen atoms in total. The zero-order chi connectivity index (χ0) is 17.8. The number of anilines is 1. The zero-order valence-electron chi connectivity index (χ0n) is 14.9. The molecule has 0 saturated carbocycles. The van der Waals surface area contributed by atoms with Gasteiger partial charge < -0.3 is 19.4 Å². The smallest absolute Gasteiger partial charge is 0.253 e. The van der Waals surface area contributed by atoms with Crippen molar-refractivity contribution in [2.75, 3.05) is 18.0 Å². The highest BCUT2D eigenvalue weighted by Crippen LogP contribution is 2.18. The summed E-state index contributed by atoms with van der Waals surface area (Å²) in [5.41, 5.74) is 0.560. The van der Waals surface area contributed by atoms with Crippen LogP contribution in [0.1, 0.15) is 36.9 Å². The predicted molar refractivity (Wildman–Crippen MR) is 95.8 cm³/mol. The first kappa shape index (κ1) is 17.5. The quantitative estimate of drug-likeness (QED) is 0.904. The fraction of sp³-hybridized carbons (Fsp3) is 0.474. The van der Waals surface area contributed by atoms with Crippen LogP contribution in [-0.4, -0.2) is 42.2 Å². The number of ether oxygens (including phenoxy) is 1. The largest absolute Gasteiger partial charge is 0.469 e. The SMILES string of the molecule is C[C@H](Cc1ccco1)NC(=O)c1ccc(N2C[C@H](C)O[C@@H](C)C2)nc1. The van der Waals surface area contributed by atoms with Crippen LogP contribution in [0.2, 0.25) is 0 Å². The lowest BCUT2D eigenvalue weighted by Gasteiger charge is -2.36. The molecule has 134 valence electrons. The molecule has 3 rings (SSSR count). The number of morpholine rings is 1. The Bertz CT molecular complexity index is 674. The molecule has 6 heteroatoms. The van der Waals surface area contributed by atoms with E-state index in [4.69, 9.17) is 9.15 Å². The Kier molecular flexibility index (Phi) is 5.38. The van der Waals surface area contributed by atoms with Crippen molar-refractivity contribution in [1.29, 1.82) is 0 Å². The van der Waals surface area contributed by atoms with Crippen LogP contribution in [0.25, 0.3) is 0 Å². The van der Waals surface area contributed by atoms with Gasteiger partial charge in [0.2, 0.25) is 0 Å². The minimum atomic E-state index is -0.123. The van der Waals surface area contributed by atoms with Crippen LogP contribution >= 0.6 is 0 Å². The average molecular weight is 343 g/mol. The van der Waals surface area contributed by atoms with Crippen LogP contribution in [-0.2, 0) is 11.2 Å². The van der Waals surface area contributed by atoms with Crippen LogP contribution in [0.4, 0.5) is 5.82 Å². The standard InChI is InChI=1S/C19H25N3O3/c1-13(9-17-5-4-8-24-17)21-19(23)16-6-7-18(20-10-16)22-11-14(2)25-15(3)12-22/h4-8,10,13-15H,9,11-12H2,1-3H3,(H,21,23)/t13-,14+,15+/m1/s1. The first-order chi connectivity index (χ1) is 12.0. The van der Waals surface area contributed by atoms with Gasteiger partial charge >= 0.3 is 0 Å². The molecule has 1 saturated heterocycles. The summed E-state index contributed by atoms with van der Waals surface area (Å²) in [5.74, 6) is 1.61. The van der Waals surface area contributed by atoms with Gasteiger partial charge in [0, 0.05) is 31.7 Å². The maximum Gasteiger partial charge on any atom is 0.253 e. The molecule has 0 aromatic carbocycles. The van der Waals surface area contributed by atoms with E-state index in [0.717, 1.165) is 24.7 Å². The van der Waals surface area contributed by atoms with Gasteiger partial charge in [-0.25, -0.2) is 4.98 Å². The van der Waals surface area contributed by atoms with E-state index in [1.54, 1.807) is 12.5 Å². The van der Waals surface area contributed by atoms with Crippen molar-refractivity contribution in [3.8, 4) is 0 Å². The van der Waals surface area contributed by atoms with E-state index < -0.39 is 0 Å². The number of aromatic nitrogens is 1. The summed E-state index contributed by atoms with van der Waals surface area (Å²) in [6, 6.07) is 7.46. The van der Waals surface area contributed by atoms with Crippen LogP contribution in [0.5, 0.6) is 0 Å². The first-order valence-electron chi connectivity index (χ1n) is 8.71. The number of hydrogen-bond donors (Lipinski definition) is 1. The van der Waals surface area contributed by atoms with E-state index in [-0.39, 0.29) is 24.2 Å². The third kappa shape index (κ3) is 4.60. The van der Waals surface area contributed by atoms with Gasteiger partial charge in [-0.05, 0) is 45.0 Å². The fourth-order valence-corrected chi connectivity index (χ4v) is 3.16. The van der Waals surface area contributed by atoms with Crippen molar-refractivity contribution in [2.45, 2.75) is 45.4 Å².